The molecule has 1 aromatic carbocycles. The van der Waals surface area contributed by atoms with Gasteiger partial charge in [0.15, 0.2) is 23.1 Å². The molecule has 9 heteroatoms. The maximum atomic E-state index is 13.4. The van der Waals surface area contributed by atoms with Crippen molar-refractivity contribution in [2.75, 3.05) is 7.11 Å². The van der Waals surface area contributed by atoms with Crippen LogP contribution in [0, 0.1) is 17.3 Å². The van der Waals surface area contributed by atoms with Gasteiger partial charge in [-0.05, 0) is 48.3 Å². The topological polar surface area (TPSA) is 113 Å². The number of fused-ring (bicyclic) bond motifs is 4. The lowest BCUT2D eigenvalue weighted by molar-refractivity contribution is -0.140. The zero-order valence-corrected chi connectivity index (χ0v) is 20.0. The van der Waals surface area contributed by atoms with Crippen LogP contribution in [0.5, 0.6) is 11.5 Å². The smallest absolute Gasteiger partial charge is 0.347 e. The van der Waals surface area contributed by atoms with Crippen molar-refractivity contribution in [3.63, 3.8) is 0 Å². The van der Waals surface area contributed by atoms with Crippen molar-refractivity contribution in [2.24, 2.45) is 24.3 Å². The summed E-state index contributed by atoms with van der Waals surface area (Å²) in [5.41, 5.74) is 0.105. The summed E-state index contributed by atoms with van der Waals surface area (Å²) in [7, 11) is 2.90. The lowest BCUT2D eigenvalue weighted by Gasteiger charge is -2.51. The number of hydrogen-bond acceptors (Lipinski definition) is 6. The average molecular weight is 478 g/mol. The second kappa shape index (κ2) is 7.83. The number of phenols is 1. The highest BCUT2D eigenvalue weighted by Gasteiger charge is 2.58. The maximum Gasteiger partial charge on any atom is 0.347 e. The van der Waals surface area contributed by atoms with Gasteiger partial charge in [0, 0.05) is 18.9 Å². The van der Waals surface area contributed by atoms with Gasteiger partial charge in [-0.1, -0.05) is 31.2 Å². The highest BCUT2D eigenvalue weighted by atomic mass is 16.5. The van der Waals surface area contributed by atoms with Crippen LogP contribution in [0.2, 0.25) is 0 Å². The van der Waals surface area contributed by atoms with Gasteiger partial charge in [-0.25, -0.2) is 23.5 Å². The first-order valence-electron chi connectivity index (χ1n) is 11.5. The predicted octanol–water partition coefficient (Wildman–Crippen LogP) is 2.00. The van der Waals surface area contributed by atoms with Crippen LogP contribution in [-0.2, 0) is 23.2 Å². The number of ether oxygens (including phenoxy) is 1. The van der Waals surface area contributed by atoms with E-state index in [1.165, 1.54) is 35.7 Å². The van der Waals surface area contributed by atoms with E-state index in [2.05, 4.69) is 0 Å². The van der Waals surface area contributed by atoms with Crippen LogP contribution >= 0.6 is 0 Å². The number of allylic oxidation sites excluding steroid dienone is 5. The molecule has 0 spiro atoms. The number of benzene rings is 1. The molecule has 35 heavy (non-hydrogen) atoms. The van der Waals surface area contributed by atoms with Crippen molar-refractivity contribution in [1.29, 1.82) is 0 Å². The quantitative estimate of drug-likeness (QED) is 0.677. The second-order valence-corrected chi connectivity index (χ2v) is 9.67. The monoisotopic (exact) mass is 477 g/mol. The van der Waals surface area contributed by atoms with Crippen molar-refractivity contribution in [3.8, 4) is 11.5 Å². The minimum Gasteiger partial charge on any atom is -0.504 e. The fraction of sp³-hybridized carbons (Fsp3) is 0.385. The number of carbonyl (C=O) groups excluding carboxylic acids is 2. The van der Waals surface area contributed by atoms with Gasteiger partial charge in [-0.3, -0.25) is 9.59 Å². The van der Waals surface area contributed by atoms with E-state index in [1.807, 2.05) is 25.2 Å². The largest absolute Gasteiger partial charge is 0.504 e. The Morgan fingerprint density at radius 2 is 1.91 bits per heavy atom. The second-order valence-electron chi connectivity index (χ2n) is 9.67. The van der Waals surface area contributed by atoms with Gasteiger partial charge in [0.25, 0.3) is 0 Å². The van der Waals surface area contributed by atoms with E-state index in [-0.39, 0.29) is 30.3 Å². The van der Waals surface area contributed by atoms with Crippen molar-refractivity contribution in [3.05, 3.63) is 74.1 Å². The Bertz CT molecular complexity index is 1480. The summed E-state index contributed by atoms with van der Waals surface area (Å²) in [5, 5.41) is 9.92. The molecule has 0 unspecified atom stereocenters. The summed E-state index contributed by atoms with van der Waals surface area (Å²) < 4.78 is 9.10. The van der Waals surface area contributed by atoms with Crippen LogP contribution in [0.15, 0.2) is 57.2 Å². The third-order valence-corrected chi connectivity index (χ3v) is 7.89. The molecule has 5 rings (SSSR count). The molecule has 3 aliphatic rings. The third kappa shape index (κ3) is 3.14. The molecular weight excluding hydrogens is 450 g/mol. The van der Waals surface area contributed by atoms with Gasteiger partial charge in [-0.15, -0.1) is 0 Å². The molecule has 2 heterocycles. The summed E-state index contributed by atoms with van der Waals surface area (Å²) in [6.45, 7) is 3.67. The number of rotatable bonds is 3. The van der Waals surface area contributed by atoms with E-state index in [9.17, 15) is 24.3 Å². The number of carbonyl (C=O) groups is 2. The Balaban J connectivity index is 1.68. The zero-order chi connectivity index (χ0) is 25.2. The first-order valence-corrected chi connectivity index (χ1v) is 11.5. The van der Waals surface area contributed by atoms with Crippen LogP contribution in [0.4, 0.5) is 0 Å². The Kier molecular flexibility index (Phi) is 5.12. The Labute approximate surface area is 201 Å². The zero-order valence-electron chi connectivity index (χ0n) is 20.0. The van der Waals surface area contributed by atoms with Crippen molar-refractivity contribution < 1.29 is 19.4 Å². The third-order valence-electron chi connectivity index (χ3n) is 7.89. The molecule has 1 aromatic heterocycles. The van der Waals surface area contributed by atoms with E-state index in [0.29, 0.717) is 11.3 Å². The molecule has 0 amide bonds. The highest BCUT2D eigenvalue weighted by molar-refractivity contribution is 6.12. The van der Waals surface area contributed by atoms with E-state index >= 15 is 0 Å². The molecule has 1 fully saturated rings. The molecule has 0 saturated heterocycles. The summed E-state index contributed by atoms with van der Waals surface area (Å²) in [4.78, 5) is 52.4. The van der Waals surface area contributed by atoms with Crippen LogP contribution < -0.4 is 16.1 Å². The average Bonchev–Trinajstić information content (AvgIpc) is 3.06. The molecule has 4 atom stereocenters. The fourth-order valence-electron chi connectivity index (χ4n) is 5.86. The molecule has 9 nitrogen and oxygen atoms in total. The molecule has 0 bridgehead atoms. The molecular formula is C26H27N3O6. The first kappa shape index (κ1) is 22.9. The standard InChI is InChI=1S/C26H27N3O6/c1-14-11-22(31)26(2)17(7-5-15-6-8-20(30)21(12-15)35-4)16-9-10-28-24(33)27(3)25(34)29(28)19(16)13-18(26)23(14)32/h5-9,11-12,17-19,30H,10,13H2,1-4H3/t17-,18-,19+,26-/m0/s1. The van der Waals surface area contributed by atoms with E-state index in [1.54, 1.807) is 19.1 Å². The number of aromatic nitrogens is 3. The van der Waals surface area contributed by atoms with E-state index in [0.717, 1.165) is 15.7 Å². The summed E-state index contributed by atoms with van der Waals surface area (Å²) in [6.07, 6.45) is 7.31. The predicted molar refractivity (Wildman–Crippen MR) is 128 cm³/mol. The number of phenolic OH excluding ortho intramolecular Hbond substituents is 1. The summed E-state index contributed by atoms with van der Waals surface area (Å²) in [6, 6.07) is 4.41. The molecule has 2 aliphatic carbocycles. The Hall–Kier alpha value is -3.88. The van der Waals surface area contributed by atoms with E-state index < -0.39 is 34.7 Å². The summed E-state index contributed by atoms with van der Waals surface area (Å²) in [5.74, 6) is -1.03. The maximum absolute atomic E-state index is 13.4. The normalized spacial score (nSPS) is 27.7. The minimum absolute atomic E-state index is 0.0134. The van der Waals surface area contributed by atoms with Crippen molar-refractivity contribution in [1.82, 2.24) is 13.9 Å². The van der Waals surface area contributed by atoms with Crippen molar-refractivity contribution in [2.45, 2.75) is 32.9 Å². The van der Waals surface area contributed by atoms with Gasteiger partial charge in [-0.2, -0.15) is 0 Å². The number of hydrogen-bond donors (Lipinski definition) is 1. The number of nitrogens with zero attached hydrogens (tertiary/aromatic N) is 3. The van der Waals surface area contributed by atoms with Gasteiger partial charge >= 0.3 is 11.4 Å². The van der Waals surface area contributed by atoms with E-state index in [4.69, 9.17) is 4.74 Å². The Morgan fingerprint density at radius 3 is 2.63 bits per heavy atom. The lowest BCUT2D eigenvalue weighted by Crippen LogP contribution is -2.55. The number of aromatic hydroxyl groups is 1. The minimum atomic E-state index is -1.03. The summed E-state index contributed by atoms with van der Waals surface area (Å²) >= 11 is 0. The van der Waals surface area contributed by atoms with Crippen LogP contribution in [0.1, 0.15) is 31.9 Å². The van der Waals surface area contributed by atoms with Crippen molar-refractivity contribution >= 4 is 17.6 Å². The SMILES string of the molecule is COc1cc(C=C[C@H]2C3=CCn4c(=O)n(C)c(=O)n4[C@@H]3C[C@H]3C(=O)C(C)=CC(=O)[C@@]23C)ccc1O. The molecule has 2 aromatic rings. The lowest BCUT2D eigenvalue weighted by atomic mass is 9.52. The van der Waals surface area contributed by atoms with Crippen LogP contribution in [0.3, 0.4) is 0 Å². The number of ketones is 2. The van der Waals surface area contributed by atoms with Gasteiger partial charge in [0.2, 0.25) is 0 Å². The molecule has 1 saturated carbocycles. The first-order chi connectivity index (χ1) is 16.6. The number of Topliss-reactive ketones (excluding diaryl/α,β-unsaturated/α-hetero) is 1. The highest BCUT2D eigenvalue weighted by Crippen LogP contribution is 2.56. The van der Waals surface area contributed by atoms with Gasteiger partial charge < -0.3 is 9.84 Å². The van der Waals surface area contributed by atoms with Gasteiger partial charge in [0.05, 0.1) is 25.1 Å². The molecule has 1 aliphatic heterocycles. The fourth-order valence-corrected chi connectivity index (χ4v) is 5.86. The Morgan fingerprint density at radius 1 is 1.17 bits per heavy atom. The van der Waals surface area contributed by atoms with Crippen LogP contribution in [0.25, 0.3) is 6.08 Å². The molecule has 0 radical (unpaired) electrons. The molecule has 182 valence electrons. The number of methoxy groups -OCH3 is 1. The van der Waals surface area contributed by atoms with Gasteiger partial charge in [0.1, 0.15) is 0 Å². The molecule has 1 N–H and O–H groups in total. The van der Waals surface area contributed by atoms with Crippen LogP contribution in [-0.4, -0.2) is 37.7 Å².